The third kappa shape index (κ3) is 17.7. The zero-order valence-electron chi connectivity index (χ0n) is 41.6. The van der Waals surface area contributed by atoms with Crippen LogP contribution in [0.4, 0.5) is 24.0 Å². The lowest BCUT2D eigenvalue weighted by Gasteiger charge is -2.50. The number of aliphatic hydroxyl groups excluding tert-OH is 3. The summed E-state index contributed by atoms with van der Waals surface area (Å²) in [4.78, 5) is 67.1. The van der Waals surface area contributed by atoms with Crippen LogP contribution in [0.3, 0.4) is 0 Å². The Balaban J connectivity index is 2.14. The second-order valence-corrected chi connectivity index (χ2v) is 21.8. The number of rotatable bonds is 10. The van der Waals surface area contributed by atoms with E-state index >= 15 is 0 Å². The number of carbonyl (C=O) groups is 5. The highest BCUT2D eigenvalue weighted by molar-refractivity contribution is 5.70. The molecule has 1 saturated carbocycles. The van der Waals surface area contributed by atoms with E-state index in [0.717, 1.165) is 4.90 Å². The van der Waals surface area contributed by atoms with E-state index in [1.165, 1.54) is 13.3 Å². The molecule has 3 rings (SSSR count). The average Bonchev–Trinajstić information content (AvgIpc) is 3.10. The van der Waals surface area contributed by atoms with E-state index in [0.29, 0.717) is 5.57 Å². The normalized spacial score (nSPS) is 29.7. The minimum absolute atomic E-state index is 0.0697. The highest BCUT2D eigenvalue weighted by atomic mass is 16.7. The number of alkyl carbamates (subject to hydrolysis) is 4. The van der Waals surface area contributed by atoms with Crippen molar-refractivity contribution in [3.63, 3.8) is 0 Å². The van der Waals surface area contributed by atoms with Crippen molar-refractivity contribution in [2.24, 2.45) is 0 Å². The van der Waals surface area contributed by atoms with Crippen LogP contribution in [0.5, 0.6) is 0 Å². The number of carbonyl (C=O) groups excluding carboxylic acids is 5. The molecule has 0 aromatic rings. The first kappa shape index (κ1) is 56.0. The van der Waals surface area contributed by atoms with Crippen LogP contribution in [0, 0.1) is 0 Å². The summed E-state index contributed by atoms with van der Waals surface area (Å²) in [5.41, 5.74) is -4.24. The maximum atomic E-state index is 13.5. The maximum Gasteiger partial charge on any atom is 0.410 e. The number of nitrogens with zero attached hydrogens (tertiary/aromatic N) is 1. The van der Waals surface area contributed by atoms with Crippen molar-refractivity contribution in [1.29, 1.82) is 0 Å². The molecule has 0 radical (unpaired) electrons. The Morgan fingerprint density at radius 1 is 0.606 bits per heavy atom. The molecule has 380 valence electrons. The van der Waals surface area contributed by atoms with Crippen LogP contribution in [0.15, 0.2) is 11.8 Å². The molecule has 0 bridgehead atoms. The second-order valence-electron chi connectivity index (χ2n) is 21.8. The number of amides is 5. The van der Waals surface area contributed by atoms with E-state index < -0.39 is 132 Å². The summed E-state index contributed by atoms with van der Waals surface area (Å²) < 4.78 is 52.4. The van der Waals surface area contributed by atoms with Gasteiger partial charge >= 0.3 is 30.5 Å². The Labute approximate surface area is 388 Å². The van der Waals surface area contributed by atoms with Crippen LogP contribution in [-0.4, -0.2) is 166 Å². The molecule has 2 fully saturated rings. The summed E-state index contributed by atoms with van der Waals surface area (Å²) in [5, 5.41) is 47.1. The fraction of sp³-hybridized carbons (Fsp3) is 0.841. The van der Waals surface area contributed by atoms with Crippen molar-refractivity contribution in [1.82, 2.24) is 26.2 Å². The summed E-state index contributed by atoms with van der Waals surface area (Å²) in [7, 11) is 1.41. The summed E-state index contributed by atoms with van der Waals surface area (Å²) in [5.74, 6) is 0. The highest BCUT2D eigenvalue weighted by Gasteiger charge is 2.56. The molecule has 12 atom stereocenters. The Bertz CT molecular complexity index is 1710. The monoisotopic (exact) mass is 948 g/mol. The van der Waals surface area contributed by atoms with Gasteiger partial charge in [0.05, 0.1) is 42.6 Å². The van der Waals surface area contributed by atoms with E-state index in [1.54, 1.807) is 111 Å². The van der Waals surface area contributed by atoms with Crippen molar-refractivity contribution in [3.8, 4) is 0 Å². The smallest absolute Gasteiger partial charge is 0.410 e. The first-order chi connectivity index (χ1) is 29.9. The van der Waals surface area contributed by atoms with Crippen molar-refractivity contribution < 1.29 is 81.9 Å². The van der Waals surface area contributed by atoms with Gasteiger partial charge in [0.1, 0.15) is 52.4 Å². The molecule has 5 amide bonds. The SMILES string of the molecule is CC1=CO[C@@H](O[C@H]2C(O)C(O[C@@H]3OC(CNC(=O)OC(C)(C)C)CCC3NC(=O)OC(C)(C)C)[C@@H](NC(=O)OC(C)(C)C)C(O)[C@H]2NC(=O)OC(C)(C)C)C(O)[C@H]1N(C)C(=O)OC(C)(C)C. The van der Waals surface area contributed by atoms with E-state index in [2.05, 4.69) is 21.3 Å². The molecule has 66 heavy (non-hydrogen) atoms. The van der Waals surface area contributed by atoms with Crippen LogP contribution >= 0.6 is 0 Å². The molecular formula is C44H77N5O17. The molecule has 3 aliphatic rings. The number of hydrogen-bond donors (Lipinski definition) is 7. The predicted molar refractivity (Wildman–Crippen MR) is 236 cm³/mol. The van der Waals surface area contributed by atoms with Crippen LogP contribution in [0.2, 0.25) is 0 Å². The fourth-order valence-corrected chi connectivity index (χ4v) is 7.17. The first-order valence-electron chi connectivity index (χ1n) is 22.2. The first-order valence-corrected chi connectivity index (χ1v) is 22.2. The lowest BCUT2D eigenvalue weighted by atomic mass is 9.80. The van der Waals surface area contributed by atoms with Crippen molar-refractivity contribution in [3.05, 3.63) is 11.8 Å². The van der Waals surface area contributed by atoms with Gasteiger partial charge in [0.15, 0.2) is 6.29 Å². The number of likely N-dealkylation sites (N-methyl/N-ethyl adjacent to an activating group) is 1. The number of nitrogens with one attached hydrogen (secondary N) is 4. The average molecular weight is 948 g/mol. The molecule has 0 aromatic heterocycles. The molecule has 2 heterocycles. The number of aliphatic hydroxyl groups is 3. The maximum absolute atomic E-state index is 13.5. The van der Waals surface area contributed by atoms with Crippen LogP contribution in [-0.2, 0) is 42.6 Å². The minimum atomic E-state index is -1.95. The fourth-order valence-electron chi connectivity index (χ4n) is 7.17. The second kappa shape index (κ2) is 21.7. The van der Waals surface area contributed by atoms with Crippen LogP contribution < -0.4 is 21.3 Å². The van der Waals surface area contributed by atoms with Gasteiger partial charge in [-0.15, -0.1) is 0 Å². The predicted octanol–water partition coefficient (Wildman–Crippen LogP) is 4.06. The van der Waals surface area contributed by atoms with E-state index in [4.69, 9.17) is 42.6 Å². The molecule has 22 nitrogen and oxygen atoms in total. The highest BCUT2D eigenvalue weighted by Crippen LogP contribution is 2.34. The topological polar surface area (TPSA) is 280 Å². The molecular weight excluding hydrogens is 871 g/mol. The van der Waals surface area contributed by atoms with Crippen molar-refractivity contribution in [2.45, 2.75) is 225 Å². The molecule has 0 aromatic carbocycles. The quantitative estimate of drug-likeness (QED) is 0.152. The summed E-state index contributed by atoms with van der Waals surface area (Å²) >= 11 is 0. The van der Waals surface area contributed by atoms with Gasteiger partial charge in [0.25, 0.3) is 0 Å². The lowest BCUT2D eigenvalue weighted by Crippen LogP contribution is -2.74. The summed E-state index contributed by atoms with van der Waals surface area (Å²) in [6.45, 7) is 26.4. The molecule has 6 unspecified atom stereocenters. The Hall–Kier alpha value is -4.35. The minimum Gasteiger partial charge on any atom is -0.470 e. The third-order valence-electron chi connectivity index (χ3n) is 9.65. The molecule has 1 saturated heterocycles. The van der Waals surface area contributed by atoms with Gasteiger partial charge in [-0.3, -0.25) is 0 Å². The summed E-state index contributed by atoms with van der Waals surface area (Å²) in [6, 6.07) is -5.35. The van der Waals surface area contributed by atoms with E-state index in [9.17, 15) is 39.3 Å². The standard InChI is InChI=1S/C44H77N5O17/c1-22-21-58-34(29(51)27(22)49(17)39(57)66-44(14,15)16)61-32-26(48-38(56)65-43(11,12)13)28(50)25(47-37(55)64-42(8,9)10)31(30(32)52)60-33-24(46-36(54)63-41(5,6)7)19-18-23(59-33)20-45-35(53)62-40(2,3)4/h21,23-34,50-52H,18-20H2,1-17H3,(H,45,53)(H,46,54)(H,47,55)(H,48,56)/t23?,24?,25-,26+,27-,28?,29?,30?,31?,32+,33-,34-/m0/s1. The number of hydrogen-bond acceptors (Lipinski definition) is 17. The van der Waals surface area contributed by atoms with Gasteiger partial charge in [0, 0.05) is 13.6 Å². The zero-order chi connectivity index (χ0) is 50.5. The van der Waals surface area contributed by atoms with Gasteiger partial charge in [-0.1, -0.05) is 0 Å². The largest absolute Gasteiger partial charge is 0.470 e. The Morgan fingerprint density at radius 2 is 1.03 bits per heavy atom. The molecule has 1 aliphatic carbocycles. The third-order valence-corrected chi connectivity index (χ3v) is 9.65. The van der Waals surface area contributed by atoms with Crippen LogP contribution in [0.25, 0.3) is 0 Å². The Kier molecular flexibility index (Phi) is 18.4. The number of ether oxygens (including phenoxy) is 9. The van der Waals surface area contributed by atoms with Gasteiger partial charge in [-0.25, -0.2) is 24.0 Å². The lowest BCUT2D eigenvalue weighted by molar-refractivity contribution is -0.291. The van der Waals surface area contributed by atoms with Crippen molar-refractivity contribution in [2.75, 3.05) is 13.6 Å². The molecule has 0 spiro atoms. The molecule has 2 aliphatic heterocycles. The van der Waals surface area contributed by atoms with Gasteiger partial charge in [-0.2, -0.15) is 0 Å². The summed E-state index contributed by atoms with van der Waals surface area (Å²) in [6.07, 6.45) is -15.6. The molecule has 22 heteroatoms. The van der Waals surface area contributed by atoms with E-state index in [-0.39, 0.29) is 19.4 Å². The van der Waals surface area contributed by atoms with Gasteiger partial charge in [0.2, 0.25) is 6.29 Å². The van der Waals surface area contributed by atoms with E-state index in [1.807, 2.05) is 0 Å². The molecule has 7 N–H and O–H groups in total. The van der Waals surface area contributed by atoms with Gasteiger partial charge < -0.3 is 84.1 Å². The van der Waals surface area contributed by atoms with Crippen molar-refractivity contribution >= 4 is 30.5 Å². The Morgan fingerprint density at radius 3 is 1.48 bits per heavy atom. The van der Waals surface area contributed by atoms with Crippen LogP contribution in [0.1, 0.15) is 124 Å². The zero-order valence-corrected chi connectivity index (χ0v) is 41.6. The van der Waals surface area contributed by atoms with Gasteiger partial charge in [-0.05, 0) is 129 Å².